The number of halogens is 1. The van der Waals surface area contributed by atoms with Gasteiger partial charge in [0.2, 0.25) is 0 Å². The lowest BCUT2D eigenvalue weighted by atomic mass is 10.2. The van der Waals surface area contributed by atoms with Crippen molar-refractivity contribution in [2.75, 3.05) is 0 Å². The molecule has 2 N–H and O–H groups in total. The van der Waals surface area contributed by atoms with Gasteiger partial charge in [-0.05, 0) is 47.7 Å². The van der Waals surface area contributed by atoms with Gasteiger partial charge in [-0.1, -0.05) is 0 Å². The zero-order valence-corrected chi connectivity index (χ0v) is 15.3. The fourth-order valence-corrected chi connectivity index (χ4v) is 3.48. The van der Waals surface area contributed by atoms with Gasteiger partial charge in [-0.15, -0.1) is 11.3 Å². The molecular formula is C15H14IN5OS. The van der Waals surface area contributed by atoms with Crippen molar-refractivity contribution in [2.24, 2.45) is 16.0 Å². The normalized spacial score (nSPS) is 12.8. The van der Waals surface area contributed by atoms with Gasteiger partial charge in [0.15, 0.2) is 12.2 Å². The van der Waals surface area contributed by atoms with Crippen LogP contribution < -0.4 is 5.73 Å². The maximum atomic E-state index is 5.79. The standard InChI is InChI=1S/C15H14IN5OS/c1-9(17)13-7-23-15(20-13)6-19-21-10-2-3-11(12(16)4-10)14-5-18-8-22-14/h2-5,7-9H,6,17H2,1H3. The zero-order valence-electron chi connectivity index (χ0n) is 12.3. The van der Waals surface area contributed by atoms with Crippen LogP contribution in [0.4, 0.5) is 5.69 Å². The summed E-state index contributed by atoms with van der Waals surface area (Å²) in [4.78, 5) is 8.36. The summed E-state index contributed by atoms with van der Waals surface area (Å²) in [6.45, 7) is 2.37. The van der Waals surface area contributed by atoms with Crippen LogP contribution in [-0.2, 0) is 6.54 Å². The maximum Gasteiger partial charge on any atom is 0.181 e. The van der Waals surface area contributed by atoms with Gasteiger partial charge in [0, 0.05) is 20.6 Å². The number of oxazole rings is 1. The molecule has 0 saturated carbocycles. The SMILES string of the molecule is CC(N)c1csc(CN=Nc2ccc(-c3cnco3)c(I)c2)n1. The van der Waals surface area contributed by atoms with Crippen LogP contribution in [0.5, 0.6) is 0 Å². The first-order valence-corrected chi connectivity index (χ1v) is 8.85. The second-order valence-electron chi connectivity index (χ2n) is 4.88. The minimum absolute atomic E-state index is 0.0536. The molecule has 2 aromatic heterocycles. The Kier molecular flexibility index (Phi) is 5.13. The predicted molar refractivity (Wildman–Crippen MR) is 97.6 cm³/mol. The lowest BCUT2D eigenvalue weighted by Crippen LogP contribution is -2.05. The van der Waals surface area contributed by atoms with E-state index < -0.39 is 0 Å². The fraction of sp³-hybridized carbons (Fsp3) is 0.200. The molecule has 2 heterocycles. The highest BCUT2D eigenvalue weighted by Crippen LogP contribution is 2.28. The Labute approximate surface area is 151 Å². The molecule has 6 nitrogen and oxygen atoms in total. The van der Waals surface area contributed by atoms with E-state index in [1.165, 1.54) is 6.39 Å². The van der Waals surface area contributed by atoms with E-state index in [2.05, 4.69) is 42.8 Å². The van der Waals surface area contributed by atoms with E-state index in [0.717, 1.165) is 31.3 Å². The van der Waals surface area contributed by atoms with Crippen molar-refractivity contribution < 1.29 is 4.42 Å². The molecule has 118 valence electrons. The van der Waals surface area contributed by atoms with Gasteiger partial charge >= 0.3 is 0 Å². The molecule has 0 fully saturated rings. The van der Waals surface area contributed by atoms with Crippen molar-refractivity contribution in [3.05, 3.63) is 50.4 Å². The zero-order chi connectivity index (χ0) is 16.2. The molecule has 1 unspecified atom stereocenters. The van der Waals surface area contributed by atoms with Crippen LogP contribution in [0.15, 0.2) is 50.8 Å². The number of nitrogens with two attached hydrogens (primary N) is 1. The number of rotatable bonds is 5. The summed E-state index contributed by atoms with van der Waals surface area (Å²) in [7, 11) is 0. The lowest BCUT2D eigenvalue weighted by molar-refractivity contribution is 0.571. The third-order valence-corrected chi connectivity index (χ3v) is 4.82. The van der Waals surface area contributed by atoms with Gasteiger partial charge in [-0.25, -0.2) is 9.97 Å². The van der Waals surface area contributed by atoms with E-state index in [-0.39, 0.29) is 6.04 Å². The molecule has 3 aromatic rings. The molecule has 8 heteroatoms. The number of nitrogens with zero attached hydrogens (tertiary/aromatic N) is 4. The van der Waals surface area contributed by atoms with Gasteiger partial charge < -0.3 is 10.2 Å². The van der Waals surface area contributed by atoms with E-state index >= 15 is 0 Å². The first-order chi connectivity index (χ1) is 11.1. The van der Waals surface area contributed by atoms with Gasteiger partial charge in [0.05, 0.1) is 17.6 Å². The van der Waals surface area contributed by atoms with Crippen LogP contribution in [0, 0.1) is 3.57 Å². The molecule has 0 amide bonds. The topological polar surface area (TPSA) is 89.7 Å². The second kappa shape index (κ2) is 7.28. The minimum Gasteiger partial charge on any atom is -0.443 e. The highest BCUT2D eigenvalue weighted by molar-refractivity contribution is 14.1. The van der Waals surface area contributed by atoms with E-state index in [4.69, 9.17) is 10.2 Å². The van der Waals surface area contributed by atoms with Crippen LogP contribution in [0.3, 0.4) is 0 Å². The molecule has 1 aromatic carbocycles. The summed E-state index contributed by atoms with van der Waals surface area (Å²) in [5.74, 6) is 0.740. The Balaban J connectivity index is 1.69. The van der Waals surface area contributed by atoms with E-state index in [0.29, 0.717) is 6.54 Å². The van der Waals surface area contributed by atoms with Crippen LogP contribution in [0.25, 0.3) is 11.3 Å². The minimum atomic E-state index is -0.0536. The number of azo groups is 1. The first kappa shape index (κ1) is 16.2. The van der Waals surface area contributed by atoms with Crippen LogP contribution in [-0.4, -0.2) is 9.97 Å². The van der Waals surface area contributed by atoms with Crippen molar-refractivity contribution >= 4 is 39.6 Å². The first-order valence-electron chi connectivity index (χ1n) is 6.89. The van der Waals surface area contributed by atoms with Gasteiger partial charge in [0.25, 0.3) is 0 Å². The van der Waals surface area contributed by atoms with Crippen molar-refractivity contribution in [3.63, 3.8) is 0 Å². The molecule has 0 spiro atoms. The molecule has 0 aliphatic rings. The van der Waals surface area contributed by atoms with Crippen LogP contribution in [0.2, 0.25) is 0 Å². The molecular weight excluding hydrogens is 425 g/mol. The van der Waals surface area contributed by atoms with Crippen molar-refractivity contribution in [3.8, 4) is 11.3 Å². The predicted octanol–water partition coefficient (Wildman–Crippen LogP) is 4.71. The Bertz CT molecular complexity index is 813. The average molecular weight is 439 g/mol. The van der Waals surface area contributed by atoms with Crippen molar-refractivity contribution in [2.45, 2.75) is 19.5 Å². The van der Waals surface area contributed by atoms with Crippen LogP contribution in [0.1, 0.15) is 23.7 Å². The van der Waals surface area contributed by atoms with Crippen molar-refractivity contribution in [1.29, 1.82) is 0 Å². The van der Waals surface area contributed by atoms with Gasteiger partial charge in [-0.2, -0.15) is 10.2 Å². The Hall–Kier alpha value is -1.65. The lowest BCUT2D eigenvalue weighted by Gasteiger charge is -2.01. The monoisotopic (exact) mass is 439 g/mol. The highest BCUT2D eigenvalue weighted by Gasteiger charge is 2.07. The highest BCUT2D eigenvalue weighted by atomic mass is 127. The summed E-state index contributed by atoms with van der Waals surface area (Å²) in [5.41, 5.74) is 8.47. The average Bonchev–Trinajstić information content (AvgIpc) is 3.18. The molecule has 0 aliphatic carbocycles. The molecule has 3 rings (SSSR count). The largest absolute Gasteiger partial charge is 0.443 e. The second-order valence-corrected chi connectivity index (χ2v) is 6.99. The van der Waals surface area contributed by atoms with Gasteiger partial charge in [-0.3, -0.25) is 0 Å². The number of thiazole rings is 1. The number of hydrogen-bond donors (Lipinski definition) is 1. The summed E-state index contributed by atoms with van der Waals surface area (Å²) < 4.78 is 6.35. The molecule has 0 aliphatic heterocycles. The van der Waals surface area contributed by atoms with E-state index in [1.807, 2.05) is 30.5 Å². The Morgan fingerprint density at radius 1 is 1.43 bits per heavy atom. The third-order valence-electron chi connectivity index (χ3n) is 3.08. The molecule has 1 atom stereocenters. The van der Waals surface area contributed by atoms with E-state index in [9.17, 15) is 0 Å². The smallest absolute Gasteiger partial charge is 0.181 e. The summed E-state index contributed by atoms with van der Waals surface area (Å²) in [5, 5.41) is 11.3. The number of aromatic nitrogens is 2. The van der Waals surface area contributed by atoms with Crippen LogP contribution >= 0.6 is 33.9 Å². The van der Waals surface area contributed by atoms with Crippen molar-refractivity contribution in [1.82, 2.24) is 9.97 Å². The van der Waals surface area contributed by atoms with E-state index in [1.54, 1.807) is 17.5 Å². The summed E-state index contributed by atoms with van der Waals surface area (Å²) >= 11 is 3.80. The quantitative estimate of drug-likeness (QED) is 0.461. The molecule has 23 heavy (non-hydrogen) atoms. The summed E-state index contributed by atoms with van der Waals surface area (Å²) in [6, 6.07) is 5.76. The van der Waals surface area contributed by atoms with Gasteiger partial charge in [0.1, 0.15) is 11.6 Å². The maximum absolute atomic E-state index is 5.79. The number of benzene rings is 1. The molecule has 0 saturated heterocycles. The fourth-order valence-electron chi connectivity index (χ4n) is 1.90. The summed E-state index contributed by atoms with van der Waals surface area (Å²) in [6.07, 6.45) is 3.11. The number of hydrogen-bond acceptors (Lipinski definition) is 7. The molecule has 0 bridgehead atoms. The molecule has 0 radical (unpaired) electrons. The Morgan fingerprint density at radius 2 is 2.30 bits per heavy atom. The Morgan fingerprint density at radius 3 is 2.96 bits per heavy atom. The third kappa shape index (κ3) is 4.01.